The van der Waals surface area contributed by atoms with E-state index in [1.54, 1.807) is 0 Å². The molecule has 1 unspecified atom stereocenters. The molecule has 1 saturated carbocycles. The first-order valence-electron chi connectivity index (χ1n) is 9.25. The van der Waals surface area contributed by atoms with Crippen molar-refractivity contribution in [3.63, 3.8) is 0 Å². The molecule has 3 N–H and O–H groups in total. The summed E-state index contributed by atoms with van der Waals surface area (Å²) >= 11 is 0. The topological polar surface area (TPSA) is 79.5 Å². The Bertz CT molecular complexity index is 758. The van der Waals surface area contributed by atoms with E-state index in [0.29, 0.717) is 13.2 Å². The molecule has 0 spiro atoms. The third-order valence-electron chi connectivity index (χ3n) is 4.37. The van der Waals surface area contributed by atoms with E-state index in [2.05, 4.69) is 16.0 Å². The molecule has 2 aromatic rings. The van der Waals surface area contributed by atoms with Gasteiger partial charge in [0.05, 0.1) is 12.6 Å². The number of carbonyl (C=O) groups excluding carboxylic acids is 2. The summed E-state index contributed by atoms with van der Waals surface area (Å²) in [7, 11) is 0. The maximum atomic E-state index is 12.0. The maximum Gasteiger partial charge on any atom is 0.315 e. The lowest BCUT2D eigenvalue weighted by Gasteiger charge is -2.16. The van der Waals surface area contributed by atoms with Crippen molar-refractivity contribution < 1.29 is 14.3 Å². The van der Waals surface area contributed by atoms with E-state index in [0.717, 1.165) is 29.8 Å². The summed E-state index contributed by atoms with van der Waals surface area (Å²) in [5.41, 5.74) is 1.75. The SMILES string of the molecule is CC(NC(=O)NCCOc1ccccc1)c1ccc(NC(=O)C2CC2)cc1. The molecule has 6 heteroatoms. The van der Waals surface area contributed by atoms with Crippen molar-refractivity contribution in [2.45, 2.75) is 25.8 Å². The van der Waals surface area contributed by atoms with E-state index < -0.39 is 0 Å². The Labute approximate surface area is 159 Å². The zero-order chi connectivity index (χ0) is 19.1. The highest BCUT2D eigenvalue weighted by Gasteiger charge is 2.29. The highest BCUT2D eigenvalue weighted by Crippen LogP contribution is 2.30. The predicted molar refractivity (Wildman–Crippen MR) is 105 cm³/mol. The van der Waals surface area contributed by atoms with Crippen LogP contribution in [0.4, 0.5) is 10.5 Å². The van der Waals surface area contributed by atoms with Crippen molar-refractivity contribution in [3.8, 4) is 5.75 Å². The molecular weight excluding hydrogens is 342 g/mol. The number of benzene rings is 2. The van der Waals surface area contributed by atoms with Gasteiger partial charge in [0.2, 0.25) is 5.91 Å². The largest absolute Gasteiger partial charge is 0.492 e. The van der Waals surface area contributed by atoms with Crippen LogP contribution in [0.15, 0.2) is 54.6 Å². The second kappa shape index (κ2) is 9.07. The maximum absolute atomic E-state index is 12.0. The third-order valence-corrected chi connectivity index (χ3v) is 4.37. The molecule has 0 aliphatic heterocycles. The summed E-state index contributed by atoms with van der Waals surface area (Å²) in [6.45, 7) is 2.73. The standard InChI is InChI=1S/C21H25N3O3/c1-15(16-9-11-18(12-10-16)24-20(25)17-7-8-17)23-21(26)22-13-14-27-19-5-3-2-4-6-19/h2-6,9-12,15,17H,7-8,13-14H2,1H3,(H,24,25)(H2,22,23,26). The van der Waals surface area contributed by atoms with Crippen LogP contribution < -0.4 is 20.7 Å². The van der Waals surface area contributed by atoms with Gasteiger partial charge >= 0.3 is 6.03 Å². The minimum absolute atomic E-state index is 0.0889. The lowest BCUT2D eigenvalue weighted by molar-refractivity contribution is -0.117. The highest BCUT2D eigenvalue weighted by atomic mass is 16.5. The van der Waals surface area contributed by atoms with Gasteiger partial charge in [-0.3, -0.25) is 4.79 Å². The number of urea groups is 1. The average molecular weight is 367 g/mol. The molecule has 27 heavy (non-hydrogen) atoms. The van der Waals surface area contributed by atoms with Crippen molar-refractivity contribution in [3.05, 3.63) is 60.2 Å². The molecule has 0 heterocycles. The lowest BCUT2D eigenvalue weighted by Crippen LogP contribution is -2.38. The average Bonchev–Trinajstić information content (AvgIpc) is 3.52. The molecule has 2 aromatic carbocycles. The quantitative estimate of drug-likeness (QED) is 0.625. The number of nitrogens with one attached hydrogen (secondary N) is 3. The van der Waals surface area contributed by atoms with Gasteiger partial charge in [-0.05, 0) is 49.6 Å². The van der Waals surface area contributed by atoms with Gasteiger partial charge in [0.15, 0.2) is 0 Å². The molecule has 1 fully saturated rings. The van der Waals surface area contributed by atoms with Crippen molar-refractivity contribution in [1.82, 2.24) is 10.6 Å². The minimum atomic E-state index is -0.245. The normalized spacial score (nSPS) is 14.1. The van der Waals surface area contributed by atoms with Crippen LogP contribution in [-0.2, 0) is 4.79 Å². The van der Waals surface area contributed by atoms with Gasteiger partial charge in [0, 0.05) is 11.6 Å². The number of rotatable bonds is 8. The summed E-state index contributed by atoms with van der Waals surface area (Å²) in [6, 6.07) is 16.6. The lowest BCUT2D eigenvalue weighted by atomic mass is 10.1. The predicted octanol–water partition coefficient (Wildman–Crippen LogP) is 3.47. The number of ether oxygens (including phenoxy) is 1. The zero-order valence-electron chi connectivity index (χ0n) is 15.4. The van der Waals surface area contributed by atoms with Crippen LogP contribution in [0.1, 0.15) is 31.4 Å². The monoisotopic (exact) mass is 367 g/mol. The summed E-state index contributed by atoms with van der Waals surface area (Å²) < 4.78 is 5.54. The Kier molecular flexibility index (Phi) is 6.30. The van der Waals surface area contributed by atoms with Gasteiger partial charge in [-0.1, -0.05) is 30.3 Å². The molecule has 0 aromatic heterocycles. The summed E-state index contributed by atoms with van der Waals surface area (Å²) in [5.74, 6) is 1.05. The fourth-order valence-corrected chi connectivity index (χ4v) is 2.63. The van der Waals surface area contributed by atoms with E-state index in [1.165, 1.54) is 0 Å². The Morgan fingerprint density at radius 1 is 1.07 bits per heavy atom. The van der Waals surface area contributed by atoms with Gasteiger partial charge in [0.25, 0.3) is 0 Å². The van der Waals surface area contributed by atoms with E-state index >= 15 is 0 Å². The number of hydrogen-bond acceptors (Lipinski definition) is 3. The Hall–Kier alpha value is -3.02. The van der Waals surface area contributed by atoms with Crippen LogP contribution in [0.25, 0.3) is 0 Å². The summed E-state index contributed by atoms with van der Waals surface area (Å²) in [4.78, 5) is 23.8. The van der Waals surface area contributed by atoms with Gasteiger partial charge in [0.1, 0.15) is 12.4 Å². The molecule has 0 saturated heterocycles. The van der Waals surface area contributed by atoms with Crippen LogP contribution >= 0.6 is 0 Å². The number of anilines is 1. The number of hydrogen-bond donors (Lipinski definition) is 3. The molecule has 1 aliphatic carbocycles. The number of carbonyl (C=O) groups is 2. The van der Waals surface area contributed by atoms with Crippen LogP contribution in [0.5, 0.6) is 5.75 Å². The summed E-state index contributed by atoms with van der Waals surface area (Å²) in [5, 5.41) is 8.57. The smallest absolute Gasteiger partial charge is 0.315 e. The van der Waals surface area contributed by atoms with E-state index in [9.17, 15) is 9.59 Å². The van der Waals surface area contributed by atoms with Gasteiger partial charge < -0.3 is 20.7 Å². The Morgan fingerprint density at radius 2 is 1.78 bits per heavy atom. The van der Waals surface area contributed by atoms with Crippen molar-refractivity contribution in [2.24, 2.45) is 5.92 Å². The molecule has 0 radical (unpaired) electrons. The molecule has 6 nitrogen and oxygen atoms in total. The van der Waals surface area contributed by atoms with Crippen LogP contribution in [0.3, 0.4) is 0 Å². The molecule has 1 atom stereocenters. The summed E-state index contributed by atoms with van der Waals surface area (Å²) in [6.07, 6.45) is 1.97. The number of amides is 3. The Morgan fingerprint density at radius 3 is 2.44 bits per heavy atom. The molecule has 3 amide bonds. The second-order valence-electron chi connectivity index (χ2n) is 6.67. The number of para-hydroxylation sites is 1. The van der Waals surface area contributed by atoms with Crippen LogP contribution in [-0.4, -0.2) is 25.1 Å². The van der Waals surface area contributed by atoms with E-state index in [1.807, 2.05) is 61.5 Å². The minimum Gasteiger partial charge on any atom is -0.492 e. The van der Waals surface area contributed by atoms with Crippen molar-refractivity contribution in [2.75, 3.05) is 18.5 Å². The fourth-order valence-electron chi connectivity index (χ4n) is 2.63. The molecule has 0 bridgehead atoms. The molecular formula is C21H25N3O3. The zero-order valence-corrected chi connectivity index (χ0v) is 15.4. The fraction of sp³-hybridized carbons (Fsp3) is 0.333. The second-order valence-corrected chi connectivity index (χ2v) is 6.67. The van der Waals surface area contributed by atoms with Gasteiger partial charge in [-0.25, -0.2) is 4.79 Å². The first kappa shape index (κ1) is 18.8. The first-order valence-corrected chi connectivity index (χ1v) is 9.25. The van der Waals surface area contributed by atoms with Gasteiger partial charge in [-0.2, -0.15) is 0 Å². The van der Waals surface area contributed by atoms with Crippen LogP contribution in [0, 0.1) is 5.92 Å². The van der Waals surface area contributed by atoms with Crippen LogP contribution in [0.2, 0.25) is 0 Å². The first-order chi connectivity index (χ1) is 13.1. The third kappa shape index (κ3) is 6.02. The van der Waals surface area contributed by atoms with Crippen molar-refractivity contribution in [1.29, 1.82) is 0 Å². The van der Waals surface area contributed by atoms with Gasteiger partial charge in [-0.15, -0.1) is 0 Å². The molecule has 142 valence electrons. The van der Waals surface area contributed by atoms with Crippen molar-refractivity contribution >= 4 is 17.6 Å². The molecule has 3 rings (SSSR count). The molecule has 1 aliphatic rings. The van der Waals surface area contributed by atoms with E-state index in [-0.39, 0.29) is 23.9 Å². The highest BCUT2D eigenvalue weighted by molar-refractivity contribution is 5.94. The van der Waals surface area contributed by atoms with E-state index in [4.69, 9.17) is 4.74 Å². The Balaban J connectivity index is 1.37.